The summed E-state index contributed by atoms with van der Waals surface area (Å²) in [7, 11) is 0. The zero-order valence-electron chi connectivity index (χ0n) is 11.5. The number of hydrogen-bond donors (Lipinski definition) is 2. The average molecular weight is 266 g/mol. The minimum atomic E-state index is 0.0631. The van der Waals surface area contributed by atoms with Crippen molar-refractivity contribution in [1.82, 2.24) is 5.32 Å². The van der Waals surface area contributed by atoms with Crippen LogP contribution >= 0.6 is 0 Å². The first-order chi connectivity index (χ1) is 9.72. The van der Waals surface area contributed by atoms with Crippen LogP contribution in [0.15, 0.2) is 48.5 Å². The first kappa shape index (κ1) is 14.3. The van der Waals surface area contributed by atoms with Crippen molar-refractivity contribution < 1.29 is 5.11 Å². The summed E-state index contributed by atoms with van der Waals surface area (Å²) in [4.78, 5) is 0. The topological polar surface area (TPSA) is 56.0 Å². The quantitative estimate of drug-likeness (QED) is 0.875. The Morgan fingerprint density at radius 2 is 1.90 bits per heavy atom. The van der Waals surface area contributed by atoms with E-state index in [1.165, 1.54) is 0 Å². The maximum Gasteiger partial charge on any atom is 0.0991 e. The van der Waals surface area contributed by atoms with E-state index in [-0.39, 0.29) is 12.6 Å². The van der Waals surface area contributed by atoms with Crippen LogP contribution in [-0.2, 0) is 13.2 Å². The number of nitrogens with one attached hydrogen (secondary N) is 1. The van der Waals surface area contributed by atoms with Gasteiger partial charge in [-0.25, -0.2) is 0 Å². The monoisotopic (exact) mass is 266 g/mol. The molecule has 3 heteroatoms. The van der Waals surface area contributed by atoms with E-state index in [1.807, 2.05) is 42.5 Å². The molecule has 2 aromatic carbocycles. The summed E-state index contributed by atoms with van der Waals surface area (Å²) >= 11 is 0. The molecule has 0 radical (unpaired) electrons. The highest BCUT2D eigenvalue weighted by Gasteiger charge is 2.05. The zero-order chi connectivity index (χ0) is 14.4. The molecule has 2 aromatic rings. The summed E-state index contributed by atoms with van der Waals surface area (Å²) < 4.78 is 0. The minimum absolute atomic E-state index is 0.0631. The van der Waals surface area contributed by atoms with Gasteiger partial charge < -0.3 is 10.4 Å². The van der Waals surface area contributed by atoms with Crippen LogP contribution in [0.2, 0.25) is 0 Å². The van der Waals surface area contributed by atoms with Crippen molar-refractivity contribution in [2.24, 2.45) is 0 Å². The van der Waals surface area contributed by atoms with Gasteiger partial charge in [0.2, 0.25) is 0 Å². The lowest BCUT2D eigenvalue weighted by molar-refractivity contribution is 0.281. The largest absolute Gasteiger partial charge is 0.392 e. The Morgan fingerprint density at radius 3 is 2.65 bits per heavy atom. The molecule has 0 aliphatic heterocycles. The van der Waals surface area contributed by atoms with Gasteiger partial charge in [0.15, 0.2) is 0 Å². The van der Waals surface area contributed by atoms with E-state index in [9.17, 15) is 0 Å². The van der Waals surface area contributed by atoms with Crippen LogP contribution in [-0.4, -0.2) is 5.11 Å². The first-order valence-electron chi connectivity index (χ1n) is 6.65. The van der Waals surface area contributed by atoms with Gasteiger partial charge in [-0.15, -0.1) is 0 Å². The minimum Gasteiger partial charge on any atom is -0.392 e. The van der Waals surface area contributed by atoms with E-state index in [4.69, 9.17) is 10.4 Å². The summed E-state index contributed by atoms with van der Waals surface area (Å²) in [6.07, 6.45) is 0. The molecule has 0 aliphatic carbocycles. The molecular weight excluding hydrogens is 248 g/mol. The van der Waals surface area contributed by atoms with E-state index < -0.39 is 0 Å². The Kier molecular flexibility index (Phi) is 4.89. The van der Waals surface area contributed by atoms with Crippen molar-refractivity contribution in [2.75, 3.05) is 0 Å². The molecule has 102 valence electrons. The van der Waals surface area contributed by atoms with Crippen LogP contribution in [0.25, 0.3) is 0 Å². The molecule has 2 N–H and O–H groups in total. The van der Waals surface area contributed by atoms with Gasteiger partial charge >= 0.3 is 0 Å². The highest BCUT2D eigenvalue weighted by Crippen LogP contribution is 2.15. The molecule has 0 aliphatic rings. The average Bonchev–Trinajstić information content (AvgIpc) is 2.52. The molecule has 1 unspecified atom stereocenters. The van der Waals surface area contributed by atoms with Gasteiger partial charge in [-0.05, 0) is 35.7 Å². The van der Waals surface area contributed by atoms with Gasteiger partial charge in [-0.1, -0.05) is 36.4 Å². The molecular formula is C17H18N2O. The molecule has 0 amide bonds. The zero-order valence-corrected chi connectivity index (χ0v) is 11.5. The first-order valence-corrected chi connectivity index (χ1v) is 6.65. The van der Waals surface area contributed by atoms with Crippen LogP contribution in [0, 0.1) is 11.3 Å². The number of nitriles is 1. The van der Waals surface area contributed by atoms with Crippen LogP contribution in [0.5, 0.6) is 0 Å². The highest BCUT2D eigenvalue weighted by molar-refractivity contribution is 5.34. The van der Waals surface area contributed by atoms with E-state index in [1.54, 1.807) is 6.07 Å². The third-order valence-corrected chi connectivity index (χ3v) is 3.30. The maximum absolute atomic E-state index is 9.12. The summed E-state index contributed by atoms with van der Waals surface area (Å²) in [6.45, 7) is 2.87. The molecule has 0 fully saturated rings. The fourth-order valence-electron chi connectivity index (χ4n) is 2.10. The lowest BCUT2D eigenvalue weighted by Crippen LogP contribution is -2.18. The lowest BCUT2D eigenvalue weighted by Gasteiger charge is -2.15. The van der Waals surface area contributed by atoms with E-state index in [0.29, 0.717) is 5.56 Å². The van der Waals surface area contributed by atoms with Gasteiger partial charge in [-0.3, -0.25) is 0 Å². The van der Waals surface area contributed by atoms with E-state index in [0.717, 1.165) is 23.2 Å². The molecule has 0 saturated carbocycles. The second-order valence-corrected chi connectivity index (χ2v) is 4.82. The van der Waals surface area contributed by atoms with Gasteiger partial charge in [0.25, 0.3) is 0 Å². The number of aliphatic hydroxyl groups excluding tert-OH is 1. The second-order valence-electron chi connectivity index (χ2n) is 4.82. The van der Waals surface area contributed by atoms with E-state index in [2.05, 4.69) is 18.3 Å². The van der Waals surface area contributed by atoms with Crippen molar-refractivity contribution in [3.8, 4) is 6.07 Å². The van der Waals surface area contributed by atoms with Crippen LogP contribution in [0.1, 0.15) is 35.2 Å². The van der Waals surface area contributed by atoms with Gasteiger partial charge in [-0.2, -0.15) is 5.26 Å². The maximum atomic E-state index is 9.12. The van der Waals surface area contributed by atoms with Gasteiger partial charge in [0.05, 0.1) is 18.2 Å². The predicted octanol–water partition coefficient (Wildman–Crippen LogP) is 2.90. The number of hydrogen-bond acceptors (Lipinski definition) is 3. The Morgan fingerprint density at radius 1 is 1.15 bits per heavy atom. The Hall–Kier alpha value is -2.15. The fourth-order valence-corrected chi connectivity index (χ4v) is 2.10. The van der Waals surface area contributed by atoms with E-state index >= 15 is 0 Å². The third-order valence-electron chi connectivity index (χ3n) is 3.30. The van der Waals surface area contributed by atoms with Gasteiger partial charge in [0.1, 0.15) is 0 Å². The van der Waals surface area contributed by atoms with Crippen molar-refractivity contribution in [3.05, 3.63) is 70.8 Å². The number of rotatable bonds is 5. The fraction of sp³-hybridized carbons (Fsp3) is 0.235. The molecule has 0 saturated heterocycles. The molecule has 3 nitrogen and oxygen atoms in total. The summed E-state index contributed by atoms with van der Waals surface area (Å²) in [5.41, 5.74) is 3.84. The summed E-state index contributed by atoms with van der Waals surface area (Å²) in [5, 5.41) is 21.5. The van der Waals surface area contributed by atoms with Gasteiger partial charge in [0, 0.05) is 12.6 Å². The number of nitrogens with zero attached hydrogens (tertiary/aromatic N) is 1. The van der Waals surface area contributed by atoms with Crippen LogP contribution in [0.3, 0.4) is 0 Å². The SMILES string of the molecule is CC(NCc1cccc(CO)c1)c1cccc(C#N)c1. The predicted molar refractivity (Wildman–Crippen MR) is 78.8 cm³/mol. The Bertz CT molecular complexity index is 616. The summed E-state index contributed by atoms with van der Waals surface area (Å²) in [6, 6.07) is 17.8. The third kappa shape index (κ3) is 3.67. The number of aliphatic hydroxyl groups is 1. The smallest absolute Gasteiger partial charge is 0.0991 e. The molecule has 2 rings (SSSR count). The second kappa shape index (κ2) is 6.85. The molecule has 1 atom stereocenters. The molecule has 0 aromatic heterocycles. The highest BCUT2D eigenvalue weighted by atomic mass is 16.3. The number of benzene rings is 2. The Balaban J connectivity index is 2.00. The van der Waals surface area contributed by atoms with Crippen molar-refractivity contribution in [2.45, 2.75) is 26.1 Å². The molecule has 0 heterocycles. The lowest BCUT2D eigenvalue weighted by atomic mass is 10.0. The van der Waals surface area contributed by atoms with Crippen molar-refractivity contribution in [3.63, 3.8) is 0 Å². The molecule has 0 bridgehead atoms. The molecule has 0 spiro atoms. The Labute approximate surface area is 119 Å². The van der Waals surface area contributed by atoms with Crippen LogP contribution in [0.4, 0.5) is 0 Å². The van der Waals surface area contributed by atoms with Crippen molar-refractivity contribution >= 4 is 0 Å². The van der Waals surface area contributed by atoms with Crippen LogP contribution < -0.4 is 5.32 Å². The van der Waals surface area contributed by atoms with Crippen molar-refractivity contribution in [1.29, 1.82) is 5.26 Å². The summed E-state index contributed by atoms with van der Waals surface area (Å²) in [5.74, 6) is 0. The molecule has 20 heavy (non-hydrogen) atoms. The standard InChI is InChI=1S/C17H18N2O/c1-13(17-7-3-4-14(9-17)10-18)19-11-15-5-2-6-16(8-15)12-20/h2-9,13,19-20H,11-12H2,1H3. The normalized spacial score (nSPS) is 11.8.